The number of hydrogen-bond acceptors (Lipinski definition) is 1. The summed E-state index contributed by atoms with van der Waals surface area (Å²) in [6, 6.07) is 23.7. The molecule has 0 aliphatic heterocycles. The molecule has 4 rings (SSSR count). The fourth-order valence-electron chi connectivity index (χ4n) is 21.9. The van der Waals surface area contributed by atoms with Gasteiger partial charge in [0.05, 0.1) is 0 Å². The Morgan fingerprint density at radius 3 is 0.415 bits per heavy atom. The smallest absolute Gasteiger partial charge is 0.273 e. The maximum absolute atomic E-state index is 10.6. The normalized spacial score (nSPS) is 13.6. The van der Waals surface area contributed by atoms with Gasteiger partial charge in [0.1, 0.15) is 0 Å². The van der Waals surface area contributed by atoms with Gasteiger partial charge in [0, 0.05) is 0 Å². The van der Waals surface area contributed by atoms with Gasteiger partial charge < -0.3 is 4.12 Å². The second kappa shape index (κ2) is 51.3. The largest absolute Gasteiger partial charge is 0.442 e. The zero-order valence-corrected chi connectivity index (χ0v) is 92.0. The molecule has 706 valence electrons. The minimum absolute atomic E-state index is 0.0983. The van der Waals surface area contributed by atoms with Crippen molar-refractivity contribution in [2.75, 3.05) is 0 Å². The van der Waals surface area contributed by atoms with Crippen molar-refractivity contribution < 1.29 is 4.12 Å². The van der Waals surface area contributed by atoms with E-state index in [0.717, 1.165) is 25.7 Å². The Morgan fingerprint density at radius 2 is 0.285 bits per heavy atom. The molecule has 0 heterocycles. The lowest BCUT2D eigenvalue weighted by molar-refractivity contribution is 0.405. The van der Waals surface area contributed by atoms with Gasteiger partial charge in [0.15, 0.2) is 0 Å². The van der Waals surface area contributed by atoms with Crippen LogP contribution in [0, 0.1) is 0 Å². The Labute approximate surface area is 775 Å². The zero-order chi connectivity index (χ0) is 92.7. The summed E-state index contributed by atoms with van der Waals surface area (Å²) in [5.74, 6) is 0. The minimum atomic E-state index is -2.48. The summed E-state index contributed by atoms with van der Waals surface area (Å²) in [7, 11) is -4.96. The summed E-state index contributed by atoms with van der Waals surface area (Å²) in [4.78, 5) is 0. The molecule has 0 N–H and O–H groups in total. The molecule has 123 heavy (non-hydrogen) atoms. The lowest BCUT2D eigenvalue weighted by Gasteiger charge is -2.45. The average Bonchev–Trinajstić information content (AvgIpc) is 0.714. The van der Waals surface area contributed by atoms with E-state index in [1.165, 1.54) is 283 Å². The highest BCUT2D eigenvalue weighted by atomic mass is 28.4. The first kappa shape index (κ1) is 113. The van der Waals surface area contributed by atoms with Gasteiger partial charge in [-0.15, -0.1) is 0 Å². The summed E-state index contributed by atoms with van der Waals surface area (Å²) in [5, 5.41) is 6.46. The summed E-state index contributed by atoms with van der Waals surface area (Å²) < 4.78 is 10.6. The van der Waals surface area contributed by atoms with Crippen LogP contribution in [0.15, 0.2) is 48.5 Å². The third kappa shape index (κ3) is 32.3. The van der Waals surface area contributed by atoms with Crippen LogP contribution in [-0.2, 0) is 69.1 Å². The van der Waals surface area contributed by atoms with Crippen LogP contribution in [0.4, 0.5) is 0 Å². The number of hydrogen-bond donors (Lipinski definition) is 0. The van der Waals surface area contributed by atoms with Crippen LogP contribution in [0.25, 0.3) is 0 Å². The second-order valence-corrected chi connectivity index (χ2v) is 52.9. The molecule has 0 spiro atoms. The molecule has 3 heteroatoms. The Hall–Kier alpha value is -2.73. The summed E-state index contributed by atoms with van der Waals surface area (Å²) in [6.07, 6.45) is 58.5. The van der Waals surface area contributed by atoms with E-state index >= 15 is 0 Å². The van der Waals surface area contributed by atoms with Gasteiger partial charge in [0.2, 0.25) is 0 Å². The lowest BCUT2D eigenvalue weighted by atomic mass is 9.67. The predicted octanol–water partition coefficient (Wildman–Crippen LogP) is 36.9. The highest BCUT2D eigenvalue weighted by molar-refractivity contribution is 6.92. The van der Waals surface area contributed by atoms with Crippen LogP contribution < -0.4 is 20.7 Å². The molecule has 1 nitrogen and oxygen atoms in total. The molecule has 4 aromatic carbocycles. The lowest BCUT2D eigenvalue weighted by Crippen LogP contribution is -2.62. The number of unbranched alkanes of at least 4 members (excludes halogenated alkanes) is 24. The third-order valence-electron chi connectivity index (χ3n) is 31.3. The van der Waals surface area contributed by atoms with Crippen molar-refractivity contribution in [3.05, 3.63) is 115 Å². The van der Waals surface area contributed by atoms with E-state index in [2.05, 4.69) is 298 Å². The van der Waals surface area contributed by atoms with E-state index in [1.54, 1.807) is 87.5 Å². The SMILES string of the molecule is CCCCCC(C)(C)c1cc([Si](O[Si](c2cc(C(C)(C)CCCCC)cc(C(C)(C)CCCCC)c2C(C)(C)CCCCC)c2cc(C(C)(C)CCCCC)cc(C(C)(C)CCCCC)c2C(C)(C)CCCCC)c2cc(C(C)(C)CCCCC)cc(C(C)(C)CCCCC)c2C(C)(C)CCCCC)c(C(C)(C)CCCCC)c(C(C)(C)CCCCC)c1. The molecule has 0 atom stereocenters. The van der Waals surface area contributed by atoms with Crippen LogP contribution in [0.2, 0.25) is 0 Å². The van der Waals surface area contributed by atoms with Gasteiger partial charge >= 0.3 is 0 Å². The van der Waals surface area contributed by atoms with Gasteiger partial charge in [0.25, 0.3) is 18.1 Å². The summed E-state index contributed by atoms with van der Waals surface area (Å²) in [5.41, 5.74) is 17.9. The molecule has 2 radical (unpaired) electrons. The molecule has 4 aromatic rings. The molecule has 0 aromatic heterocycles. The highest BCUT2D eigenvalue weighted by Gasteiger charge is 2.49. The maximum atomic E-state index is 10.6. The van der Waals surface area contributed by atoms with E-state index in [1.807, 2.05) is 0 Å². The van der Waals surface area contributed by atoms with Gasteiger partial charge in [-0.2, -0.15) is 0 Å². The average molecular weight is 1730 g/mol. The van der Waals surface area contributed by atoms with Crippen LogP contribution >= 0.6 is 0 Å². The van der Waals surface area contributed by atoms with Gasteiger partial charge in [-0.1, -0.05) is 529 Å². The number of rotatable bonds is 66. The van der Waals surface area contributed by atoms with Crippen molar-refractivity contribution in [3.63, 3.8) is 0 Å². The Balaban J connectivity index is 3.15. The van der Waals surface area contributed by atoms with Crippen LogP contribution in [0.3, 0.4) is 0 Å². The summed E-state index contributed by atoms with van der Waals surface area (Å²) in [6.45, 7) is 94.9. The Bertz CT molecular complexity index is 3180. The fraction of sp³-hybridized carbons (Fsp3) is 0.800. The first-order valence-electron chi connectivity index (χ1n) is 53.8. The van der Waals surface area contributed by atoms with Crippen LogP contribution in [0.1, 0.15) is 624 Å². The van der Waals surface area contributed by atoms with E-state index in [4.69, 9.17) is 0 Å². The van der Waals surface area contributed by atoms with Crippen molar-refractivity contribution >= 4 is 38.8 Å². The quantitative estimate of drug-likeness (QED) is 0.0316. The first-order chi connectivity index (χ1) is 57.5. The first-order valence-corrected chi connectivity index (χ1v) is 56.6. The van der Waals surface area contributed by atoms with Crippen molar-refractivity contribution in [1.29, 1.82) is 0 Å². The van der Waals surface area contributed by atoms with Crippen LogP contribution in [-0.4, -0.2) is 18.1 Å². The van der Waals surface area contributed by atoms with Crippen molar-refractivity contribution in [3.8, 4) is 0 Å². The monoisotopic (exact) mass is 1730 g/mol. The molecule has 0 unspecified atom stereocenters. The minimum Gasteiger partial charge on any atom is -0.442 e. The Morgan fingerprint density at radius 1 is 0.163 bits per heavy atom. The standard InChI is InChI=1S/C120H212OSi2/c1-37-49-61-73-109(13,14)93-85-97(113(21,22)77-65-53-41-5)105(117(29,30)81-69-57-45-9)101(89-93)122(102-90-94(110(15,16)74-62-50-38-2)86-98(114(23,24)78-66-54-42-6)106(102)118(31,32)82-70-58-46-10)121-123(103-91-95(111(17,18)75-63-51-39-3)87-99(115(25,26)79-67-55-43-7)107(103)119(33,34)83-71-59-47-11)104-92-96(112(19,20)76-64-52-40-4)88-100(116(27,28)80-68-56-44-8)108(104)120(35,36)84-72-60-48-12/h85-92H,37-84H2,1-36H3. The molecule has 0 bridgehead atoms. The second-order valence-electron chi connectivity index (χ2n) is 48.6. The van der Waals surface area contributed by atoms with Gasteiger partial charge in [-0.3, -0.25) is 0 Å². The molecule has 0 amide bonds. The maximum Gasteiger partial charge on any atom is 0.273 e. The number of benzene rings is 4. The molecular weight excluding hydrogens is 1510 g/mol. The van der Waals surface area contributed by atoms with Gasteiger partial charge in [-0.05, 0) is 230 Å². The Kier molecular flexibility index (Phi) is 47.0. The van der Waals surface area contributed by atoms with E-state index in [0.29, 0.717) is 0 Å². The molecule has 0 fully saturated rings. The predicted molar refractivity (Wildman–Crippen MR) is 563 cm³/mol. The third-order valence-corrected chi connectivity index (χ3v) is 36.5. The van der Waals surface area contributed by atoms with Crippen molar-refractivity contribution in [2.24, 2.45) is 0 Å². The van der Waals surface area contributed by atoms with Gasteiger partial charge in [-0.25, -0.2) is 0 Å². The van der Waals surface area contributed by atoms with Crippen molar-refractivity contribution in [1.82, 2.24) is 0 Å². The summed E-state index contributed by atoms with van der Waals surface area (Å²) >= 11 is 0. The molecule has 0 saturated heterocycles. The zero-order valence-electron chi connectivity index (χ0n) is 90.0. The highest BCUT2D eigenvalue weighted by Crippen LogP contribution is 2.50. The fourth-order valence-corrected chi connectivity index (χ4v) is 29.0. The van der Waals surface area contributed by atoms with Crippen molar-refractivity contribution in [2.45, 2.75) is 622 Å². The topological polar surface area (TPSA) is 9.23 Å². The molecule has 0 saturated carbocycles. The van der Waals surface area contributed by atoms with E-state index < -0.39 is 18.1 Å². The van der Waals surface area contributed by atoms with E-state index in [-0.39, 0.29) is 65.0 Å². The molecule has 0 aliphatic carbocycles. The van der Waals surface area contributed by atoms with Crippen LogP contribution in [0.5, 0.6) is 0 Å². The molecular formula is C120H212OSi2. The van der Waals surface area contributed by atoms with E-state index in [9.17, 15) is 4.12 Å². The molecule has 0 aliphatic rings.